The van der Waals surface area contributed by atoms with Crippen molar-refractivity contribution in [3.8, 4) is 0 Å². The maximum atomic E-state index is 12.2. The standard InChI is InChI=1S/C10H15NO3S2/c1-8-3-4-9(15-8)16(13,14)11-6-5-10(2,12)7-11/h3-4,12H,5-7H2,1-2H3. The molecule has 0 aliphatic carbocycles. The Bertz CT molecular complexity index is 490. The molecule has 1 N–H and O–H groups in total. The van der Waals surface area contributed by atoms with E-state index in [0.29, 0.717) is 17.2 Å². The maximum absolute atomic E-state index is 12.2. The van der Waals surface area contributed by atoms with Crippen molar-refractivity contribution in [2.75, 3.05) is 13.1 Å². The SMILES string of the molecule is Cc1ccc(S(=O)(=O)N2CCC(C)(O)C2)s1. The van der Waals surface area contributed by atoms with Gasteiger partial charge in [-0.25, -0.2) is 8.42 Å². The van der Waals surface area contributed by atoms with Crippen LogP contribution in [0.25, 0.3) is 0 Å². The number of aliphatic hydroxyl groups is 1. The molecule has 2 heterocycles. The van der Waals surface area contributed by atoms with Crippen LogP contribution < -0.4 is 0 Å². The van der Waals surface area contributed by atoms with E-state index in [4.69, 9.17) is 0 Å². The monoisotopic (exact) mass is 261 g/mol. The topological polar surface area (TPSA) is 57.6 Å². The molecule has 90 valence electrons. The number of rotatable bonds is 2. The second-order valence-corrected chi connectivity index (χ2v) is 7.90. The van der Waals surface area contributed by atoms with Gasteiger partial charge >= 0.3 is 0 Å². The van der Waals surface area contributed by atoms with E-state index in [1.54, 1.807) is 19.1 Å². The van der Waals surface area contributed by atoms with Gasteiger partial charge in [0.1, 0.15) is 4.21 Å². The van der Waals surface area contributed by atoms with Crippen LogP contribution >= 0.6 is 11.3 Å². The van der Waals surface area contributed by atoms with Crippen molar-refractivity contribution in [3.63, 3.8) is 0 Å². The van der Waals surface area contributed by atoms with Crippen molar-refractivity contribution in [1.29, 1.82) is 0 Å². The first-order chi connectivity index (χ1) is 7.31. The van der Waals surface area contributed by atoms with E-state index in [0.717, 1.165) is 4.88 Å². The Hall–Kier alpha value is -0.430. The number of aryl methyl sites for hydroxylation is 1. The smallest absolute Gasteiger partial charge is 0.252 e. The van der Waals surface area contributed by atoms with Gasteiger partial charge < -0.3 is 5.11 Å². The highest BCUT2D eigenvalue weighted by Gasteiger charge is 2.38. The predicted molar refractivity (Wildman–Crippen MR) is 63.1 cm³/mol. The Labute approximate surface area is 99.6 Å². The molecule has 0 aromatic carbocycles. The van der Waals surface area contributed by atoms with Crippen LogP contribution in [-0.2, 0) is 10.0 Å². The minimum absolute atomic E-state index is 0.187. The molecule has 1 unspecified atom stereocenters. The van der Waals surface area contributed by atoms with Gasteiger partial charge in [-0.3, -0.25) is 0 Å². The third-order valence-corrected chi connectivity index (χ3v) is 6.04. The van der Waals surface area contributed by atoms with Crippen LogP contribution in [0, 0.1) is 6.92 Å². The van der Waals surface area contributed by atoms with Gasteiger partial charge in [0.05, 0.1) is 5.60 Å². The van der Waals surface area contributed by atoms with Gasteiger partial charge in [-0.05, 0) is 32.4 Å². The molecule has 1 aliphatic rings. The summed E-state index contributed by atoms with van der Waals surface area (Å²) in [4.78, 5) is 0.976. The van der Waals surface area contributed by atoms with E-state index in [9.17, 15) is 13.5 Å². The molecule has 2 rings (SSSR count). The lowest BCUT2D eigenvalue weighted by molar-refractivity contribution is 0.0762. The van der Waals surface area contributed by atoms with Crippen molar-refractivity contribution in [3.05, 3.63) is 17.0 Å². The summed E-state index contributed by atoms with van der Waals surface area (Å²) in [5.41, 5.74) is -0.890. The van der Waals surface area contributed by atoms with Crippen LogP contribution in [0.4, 0.5) is 0 Å². The first-order valence-corrected chi connectivity index (χ1v) is 7.36. The second kappa shape index (κ2) is 3.80. The molecule has 6 heteroatoms. The summed E-state index contributed by atoms with van der Waals surface area (Å²) in [6.45, 7) is 4.13. The number of hydrogen-bond donors (Lipinski definition) is 1. The van der Waals surface area contributed by atoms with Crippen LogP contribution in [0.1, 0.15) is 18.2 Å². The van der Waals surface area contributed by atoms with Crippen LogP contribution in [0.5, 0.6) is 0 Å². The van der Waals surface area contributed by atoms with Crippen LogP contribution in [0.15, 0.2) is 16.3 Å². The van der Waals surface area contributed by atoms with E-state index in [1.807, 2.05) is 6.92 Å². The summed E-state index contributed by atoms with van der Waals surface area (Å²) in [6.07, 6.45) is 0.497. The van der Waals surface area contributed by atoms with E-state index < -0.39 is 15.6 Å². The van der Waals surface area contributed by atoms with E-state index in [2.05, 4.69) is 0 Å². The minimum Gasteiger partial charge on any atom is -0.389 e. The second-order valence-electron chi connectivity index (χ2n) is 4.45. The molecule has 0 saturated carbocycles. The van der Waals surface area contributed by atoms with Crippen LogP contribution in [-0.4, -0.2) is 36.5 Å². The van der Waals surface area contributed by atoms with Gasteiger partial charge in [-0.15, -0.1) is 11.3 Å². The quantitative estimate of drug-likeness (QED) is 0.870. The highest BCUT2D eigenvalue weighted by molar-refractivity contribution is 7.91. The van der Waals surface area contributed by atoms with Crippen molar-refractivity contribution in [1.82, 2.24) is 4.31 Å². The van der Waals surface area contributed by atoms with E-state index in [-0.39, 0.29) is 6.54 Å². The minimum atomic E-state index is -3.40. The Morgan fingerprint density at radius 2 is 2.19 bits per heavy atom. The molecule has 0 spiro atoms. The lowest BCUT2D eigenvalue weighted by atomic mass is 10.1. The largest absolute Gasteiger partial charge is 0.389 e. The Morgan fingerprint density at radius 1 is 1.50 bits per heavy atom. The zero-order valence-electron chi connectivity index (χ0n) is 9.30. The molecule has 0 amide bonds. The third kappa shape index (κ3) is 2.15. The van der Waals surface area contributed by atoms with Gasteiger partial charge in [-0.2, -0.15) is 4.31 Å². The van der Waals surface area contributed by atoms with Crippen molar-refractivity contribution in [2.45, 2.75) is 30.1 Å². The molecule has 1 aromatic rings. The highest BCUT2D eigenvalue weighted by Crippen LogP contribution is 2.29. The molecule has 0 bridgehead atoms. The van der Waals surface area contributed by atoms with Crippen LogP contribution in [0.3, 0.4) is 0 Å². The van der Waals surface area contributed by atoms with E-state index >= 15 is 0 Å². The van der Waals surface area contributed by atoms with Gasteiger partial charge in [0.2, 0.25) is 0 Å². The fourth-order valence-corrected chi connectivity index (χ4v) is 4.78. The number of nitrogens with zero attached hydrogens (tertiary/aromatic N) is 1. The predicted octanol–water partition coefficient (Wildman–Crippen LogP) is 1.20. The van der Waals surface area contributed by atoms with Crippen LogP contribution in [0.2, 0.25) is 0 Å². The van der Waals surface area contributed by atoms with Gasteiger partial charge in [0, 0.05) is 18.0 Å². The molecule has 1 saturated heterocycles. The molecular weight excluding hydrogens is 246 g/mol. The summed E-state index contributed by atoms with van der Waals surface area (Å²) >= 11 is 1.27. The number of hydrogen-bond acceptors (Lipinski definition) is 4. The summed E-state index contributed by atoms with van der Waals surface area (Å²) in [5, 5.41) is 9.78. The third-order valence-electron chi connectivity index (χ3n) is 2.73. The van der Waals surface area contributed by atoms with Crippen molar-refractivity contribution in [2.24, 2.45) is 0 Å². The van der Waals surface area contributed by atoms with Crippen molar-refractivity contribution < 1.29 is 13.5 Å². The summed E-state index contributed by atoms with van der Waals surface area (Å²) < 4.78 is 26.0. The number of thiophene rings is 1. The molecule has 0 radical (unpaired) electrons. The normalized spacial score (nSPS) is 27.4. The molecule has 1 atom stereocenters. The lowest BCUT2D eigenvalue weighted by Crippen LogP contribution is -2.33. The van der Waals surface area contributed by atoms with E-state index in [1.165, 1.54) is 15.6 Å². The zero-order chi connectivity index (χ0) is 12.0. The molecule has 16 heavy (non-hydrogen) atoms. The lowest BCUT2D eigenvalue weighted by Gasteiger charge is -2.17. The Morgan fingerprint density at radius 3 is 2.62 bits per heavy atom. The first-order valence-electron chi connectivity index (χ1n) is 5.10. The average molecular weight is 261 g/mol. The summed E-state index contributed by atoms with van der Waals surface area (Å²) in [6, 6.07) is 3.42. The first kappa shape index (κ1) is 12.0. The zero-order valence-corrected chi connectivity index (χ0v) is 10.9. The Balaban J connectivity index is 2.28. The molecule has 1 aliphatic heterocycles. The summed E-state index contributed by atoms with van der Waals surface area (Å²) in [5.74, 6) is 0. The van der Waals surface area contributed by atoms with Gasteiger partial charge in [0.15, 0.2) is 0 Å². The number of β-amino-alcohol motifs (C(OH)–C–C–N with tert-alkyl or cyclic N) is 1. The fourth-order valence-electron chi connectivity index (χ4n) is 1.79. The van der Waals surface area contributed by atoms with Gasteiger partial charge in [0.25, 0.3) is 10.0 Å². The molecule has 1 aromatic heterocycles. The number of sulfonamides is 1. The highest BCUT2D eigenvalue weighted by atomic mass is 32.2. The average Bonchev–Trinajstić information content (AvgIpc) is 2.72. The molecular formula is C10H15NO3S2. The Kier molecular flexibility index (Phi) is 2.86. The van der Waals surface area contributed by atoms with Crippen molar-refractivity contribution >= 4 is 21.4 Å². The summed E-state index contributed by atoms with van der Waals surface area (Å²) in [7, 11) is -3.40. The maximum Gasteiger partial charge on any atom is 0.252 e. The molecule has 1 fully saturated rings. The fraction of sp³-hybridized carbons (Fsp3) is 0.600. The molecule has 4 nitrogen and oxygen atoms in total. The van der Waals surface area contributed by atoms with Gasteiger partial charge in [-0.1, -0.05) is 0 Å².